The molecule has 0 aromatic heterocycles. The molecule has 0 spiro atoms. The molecule has 6 nitrogen and oxygen atoms in total. The molecule has 1 aliphatic heterocycles. The molecule has 1 saturated heterocycles. The first-order valence-corrected chi connectivity index (χ1v) is 11.1. The molecule has 5 aliphatic rings. The maximum atomic E-state index is 10.1. The summed E-state index contributed by atoms with van der Waals surface area (Å²) in [6.07, 6.45) is 10.5. The summed E-state index contributed by atoms with van der Waals surface area (Å²) in [7, 11) is 0. The predicted molar refractivity (Wildman–Crippen MR) is 106 cm³/mol. The zero-order valence-electron chi connectivity index (χ0n) is 16.7. The van der Waals surface area contributed by atoms with Gasteiger partial charge in [0, 0.05) is 6.04 Å². The average molecular weight is 396 g/mol. The van der Waals surface area contributed by atoms with Crippen molar-refractivity contribution in [2.45, 2.75) is 81.8 Å². The van der Waals surface area contributed by atoms with Crippen LogP contribution in [0.4, 0.5) is 0 Å². The molecule has 6 heteroatoms. The summed E-state index contributed by atoms with van der Waals surface area (Å²) < 4.78 is 6.07. The number of ether oxygens (including phenoxy) is 1. The lowest BCUT2D eigenvalue weighted by atomic mass is 9.50. The van der Waals surface area contributed by atoms with Gasteiger partial charge in [-0.3, -0.25) is 0 Å². The average Bonchev–Trinajstić information content (AvgIpc) is 2.66. The van der Waals surface area contributed by atoms with Crippen LogP contribution in [0.2, 0.25) is 0 Å². The Bertz CT molecular complexity index is 516. The summed E-state index contributed by atoms with van der Waals surface area (Å²) in [6, 6.07) is -0.986. The van der Waals surface area contributed by atoms with Crippen molar-refractivity contribution in [1.82, 2.24) is 5.32 Å². The Morgan fingerprint density at radius 1 is 0.857 bits per heavy atom. The van der Waals surface area contributed by atoms with Gasteiger partial charge < -0.3 is 30.5 Å². The van der Waals surface area contributed by atoms with E-state index in [1.807, 2.05) is 6.08 Å². The Kier molecular flexibility index (Phi) is 6.45. The Morgan fingerprint density at radius 3 is 2.07 bits per heavy atom. The van der Waals surface area contributed by atoms with Crippen LogP contribution >= 0.6 is 0 Å². The van der Waals surface area contributed by atoms with Crippen molar-refractivity contribution >= 4 is 0 Å². The van der Waals surface area contributed by atoms with Gasteiger partial charge in [-0.1, -0.05) is 12.2 Å². The second kappa shape index (κ2) is 8.70. The Labute approximate surface area is 168 Å². The molecule has 5 rings (SSSR count). The molecule has 0 aromatic carbocycles. The predicted octanol–water partition coefficient (Wildman–Crippen LogP) is 0.971. The molecular formula is C22H37NO5. The third kappa shape index (κ3) is 4.32. The van der Waals surface area contributed by atoms with E-state index in [0.29, 0.717) is 11.8 Å². The van der Waals surface area contributed by atoms with E-state index in [9.17, 15) is 20.4 Å². The lowest BCUT2D eigenvalue weighted by molar-refractivity contribution is -0.118. The van der Waals surface area contributed by atoms with E-state index in [4.69, 9.17) is 4.74 Å². The van der Waals surface area contributed by atoms with Gasteiger partial charge in [0.1, 0.15) is 6.10 Å². The number of aliphatic hydroxyl groups is 4. The van der Waals surface area contributed by atoms with Crippen LogP contribution in [0, 0.1) is 23.2 Å². The van der Waals surface area contributed by atoms with Crippen molar-refractivity contribution in [2.75, 3.05) is 19.8 Å². The minimum absolute atomic E-state index is 0.274. The molecule has 0 radical (unpaired) electrons. The summed E-state index contributed by atoms with van der Waals surface area (Å²) in [4.78, 5) is 0. The van der Waals surface area contributed by atoms with Crippen molar-refractivity contribution in [2.24, 2.45) is 23.2 Å². The SMILES string of the molecule is OC[C@H]1N[C@H](C/C=C/CCOCC23CC4CC(CC(C4)C2)C3)[C@H](O)[C@@H](O)[C@@H]1O. The van der Waals surface area contributed by atoms with Crippen molar-refractivity contribution in [3.63, 3.8) is 0 Å². The Balaban J connectivity index is 1.15. The van der Waals surface area contributed by atoms with Gasteiger partial charge >= 0.3 is 0 Å². The molecule has 5 N–H and O–H groups in total. The van der Waals surface area contributed by atoms with Gasteiger partial charge in [-0.2, -0.15) is 0 Å². The van der Waals surface area contributed by atoms with Crippen LogP contribution in [0.3, 0.4) is 0 Å². The monoisotopic (exact) mass is 395 g/mol. The fourth-order valence-electron chi connectivity index (χ4n) is 6.79. The molecular weight excluding hydrogens is 358 g/mol. The normalized spacial score (nSPS) is 47.9. The van der Waals surface area contributed by atoms with Crippen LogP contribution in [0.15, 0.2) is 12.2 Å². The largest absolute Gasteiger partial charge is 0.395 e. The molecule has 1 heterocycles. The molecule has 28 heavy (non-hydrogen) atoms. The smallest absolute Gasteiger partial charge is 0.109 e. The molecule has 5 atom stereocenters. The summed E-state index contributed by atoms with van der Waals surface area (Å²) in [6.45, 7) is 1.36. The van der Waals surface area contributed by atoms with Crippen molar-refractivity contribution < 1.29 is 25.2 Å². The second-order valence-electron chi connectivity index (χ2n) is 10.00. The summed E-state index contributed by atoms with van der Waals surface area (Å²) in [5.74, 6) is 2.88. The van der Waals surface area contributed by atoms with Gasteiger partial charge in [0.05, 0.1) is 38.1 Å². The number of hydrogen-bond acceptors (Lipinski definition) is 6. The second-order valence-corrected chi connectivity index (χ2v) is 10.00. The molecule has 160 valence electrons. The van der Waals surface area contributed by atoms with E-state index >= 15 is 0 Å². The highest BCUT2D eigenvalue weighted by Gasteiger charge is 2.50. The summed E-state index contributed by atoms with van der Waals surface area (Å²) in [5.41, 5.74) is 0.463. The molecule has 4 bridgehead atoms. The van der Waals surface area contributed by atoms with Crippen molar-refractivity contribution in [1.29, 1.82) is 0 Å². The van der Waals surface area contributed by atoms with Gasteiger partial charge in [-0.25, -0.2) is 0 Å². The van der Waals surface area contributed by atoms with Crippen LogP contribution in [-0.2, 0) is 4.74 Å². The van der Waals surface area contributed by atoms with E-state index in [1.165, 1.54) is 38.5 Å². The van der Waals surface area contributed by atoms with Gasteiger partial charge in [0.2, 0.25) is 0 Å². The highest BCUT2D eigenvalue weighted by Crippen LogP contribution is 2.60. The van der Waals surface area contributed by atoms with E-state index in [0.717, 1.165) is 37.4 Å². The van der Waals surface area contributed by atoms with Gasteiger partial charge in [0.25, 0.3) is 0 Å². The molecule has 0 amide bonds. The number of hydrogen-bond donors (Lipinski definition) is 5. The van der Waals surface area contributed by atoms with Crippen LogP contribution in [0.5, 0.6) is 0 Å². The first-order chi connectivity index (χ1) is 13.5. The number of rotatable bonds is 8. The number of aliphatic hydroxyl groups excluding tert-OH is 4. The Morgan fingerprint density at radius 2 is 1.46 bits per heavy atom. The topological polar surface area (TPSA) is 102 Å². The first kappa shape index (κ1) is 20.8. The summed E-state index contributed by atoms with van der Waals surface area (Å²) >= 11 is 0. The quantitative estimate of drug-likeness (QED) is 0.310. The van der Waals surface area contributed by atoms with Crippen LogP contribution < -0.4 is 5.32 Å². The third-order valence-corrected chi connectivity index (χ3v) is 7.71. The number of piperidine rings is 1. The molecule has 5 fully saturated rings. The van der Waals surface area contributed by atoms with E-state index in [1.54, 1.807) is 0 Å². The summed E-state index contributed by atoms with van der Waals surface area (Å²) in [5, 5.41) is 42.1. The zero-order valence-corrected chi connectivity index (χ0v) is 16.7. The Hall–Kier alpha value is -0.500. The molecule has 4 saturated carbocycles. The van der Waals surface area contributed by atoms with Gasteiger partial charge in [-0.15, -0.1) is 0 Å². The zero-order chi connectivity index (χ0) is 19.7. The van der Waals surface area contributed by atoms with E-state index in [-0.39, 0.29) is 12.6 Å². The highest BCUT2D eigenvalue weighted by molar-refractivity contribution is 5.02. The standard InChI is InChI=1S/C22H37NO5/c24-12-18-20(26)21(27)19(25)17(23-18)4-2-1-3-5-28-13-22-9-14-6-15(10-22)8-16(7-14)11-22/h1-2,14-21,23-27H,3-13H2/b2-1+/t14?,15?,16?,17-,18-,19+,20-,21-,22?/m1/s1. The highest BCUT2D eigenvalue weighted by atomic mass is 16.5. The fraction of sp³-hybridized carbons (Fsp3) is 0.909. The molecule has 0 unspecified atom stereocenters. The third-order valence-electron chi connectivity index (χ3n) is 7.71. The first-order valence-electron chi connectivity index (χ1n) is 11.1. The molecule has 0 aromatic rings. The lowest BCUT2D eigenvalue weighted by Gasteiger charge is -2.56. The minimum Gasteiger partial charge on any atom is -0.395 e. The van der Waals surface area contributed by atoms with Crippen LogP contribution in [0.1, 0.15) is 51.4 Å². The van der Waals surface area contributed by atoms with E-state index in [2.05, 4.69) is 11.4 Å². The molecule has 4 aliphatic carbocycles. The van der Waals surface area contributed by atoms with Gasteiger partial charge in [-0.05, 0) is 74.5 Å². The van der Waals surface area contributed by atoms with Crippen molar-refractivity contribution in [3.05, 3.63) is 12.2 Å². The van der Waals surface area contributed by atoms with Crippen LogP contribution in [-0.4, -0.2) is 70.6 Å². The fourth-order valence-corrected chi connectivity index (χ4v) is 6.79. The van der Waals surface area contributed by atoms with E-state index < -0.39 is 24.4 Å². The lowest BCUT2D eigenvalue weighted by Crippen LogP contribution is -2.65. The maximum absolute atomic E-state index is 10.1. The minimum atomic E-state index is -1.24. The maximum Gasteiger partial charge on any atom is 0.109 e. The van der Waals surface area contributed by atoms with Crippen LogP contribution in [0.25, 0.3) is 0 Å². The number of nitrogens with one attached hydrogen (secondary N) is 1. The van der Waals surface area contributed by atoms with Crippen molar-refractivity contribution in [3.8, 4) is 0 Å². The van der Waals surface area contributed by atoms with Gasteiger partial charge in [0.15, 0.2) is 0 Å².